The molecule has 0 heterocycles. The Morgan fingerprint density at radius 2 is 2.13 bits per heavy atom. The zero-order valence-corrected chi connectivity index (χ0v) is 10.4. The number of ether oxygens (including phenoxy) is 1. The van der Waals surface area contributed by atoms with Gasteiger partial charge in [0.15, 0.2) is 0 Å². The lowest BCUT2D eigenvalue weighted by atomic mass is 10.2. The molecule has 1 unspecified atom stereocenters. The topological polar surface area (TPSA) is 41.6 Å². The third-order valence-corrected chi connectivity index (χ3v) is 2.53. The normalized spacial score (nSPS) is 12.9. The van der Waals surface area contributed by atoms with Gasteiger partial charge in [-0.3, -0.25) is 4.79 Å². The van der Waals surface area contributed by atoms with Crippen LogP contribution in [0.25, 0.3) is 0 Å². The van der Waals surface area contributed by atoms with Crippen molar-refractivity contribution in [2.24, 2.45) is 0 Å². The zero-order valence-electron chi connectivity index (χ0n) is 10.4. The summed E-state index contributed by atoms with van der Waals surface area (Å²) in [5, 5.41) is 2.96. The van der Waals surface area contributed by atoms with E-state index in [1.807, 2.05) is 0 Å². The highest BCUT2D eigenvalue weighted by molar-refractivity contribution is 5.75. The summed E-state index contributed by atoms with van der Waals surface area (Å²) < 4.78 is 4.70. The minimum absolute atomic E-state index is 0.179. The van der Waals surface area contributed by atoms with Gasteiger partial charge in [0, 0.05) is 0 Å². The van der Waals surface area contributed by atoms with Crippen LogP contribution in [0, 0.1) is 0 Å². The van der Waals surface area contributed by atoms with Crippen LogP contribution in [0.5, 0.6) is 0 Å². The highest BCUT2D eigenvalue weighted by Gasteiger charge is 2.16. The van der Waals surface area contributed by atoms with Crippen LogP contribution in [0.4, 0.5) is 0 Å². The SMILES string of the molecule is CCCCN(C)CCC(NC)C(=O)OC. The first-order valence-corrected chi connectivity index (χ1v) is 5.59. The predicted molar refractivity (Wildman–Crippen MR) is 61.9 cm³/mol. The van der Waals surface area contributed by atoms with Crippen molar-refractivity contribution < 1.29 is 9.53 Å². The van der Waals surface area contributed by atoms with E-state index in [2.05, 4.69) is 24.2 Å². The molecule has 0 aliphatic rings. The number of carbonyl (C=O) groups excluding carboxylic acids is 1. The Kier molecular flexibility index (Phi) is 8.33. The maximum absolute atomic E-state index is 11.3. The maximum atomic E-state index is 11.3. The number of esters is 1. The van der Waals surface area contributed by atoms with Crippen LogP contribution in [-0.2, 0) is 9.53 Å². The Morgan fingerprint density at radius 3 is 2.60 bits per heavy atom. The fourth-order valence-corrected chi connectivity index (χ4v) is 1.41. The van der Waals surface area contributed by atoms with Gasteiger partial charge >= 0.3 is 5.97 Å². The highest BCUT2D eigenvalue weighted by Crippen LogP contribution is 1.98. The van der Waals surface area contributed by atoms with Crippen molar-refractivity contribution in [3.63, 3.8) is 0 Å². The fraction of sp³-hybridized carbons (Fsp3) is 0.909. The van der Waals surface area contributed by atoms with E-state index in [0.29, 0.717) is 0 Å². The first-order valence-electron chi connectivity index (χ1n) is 5.59. The van der Waals surface area contributed by atoms with Gasteiger partial charge in [0.2, 0.25) is 0 Å². The van der Waals surface area contributed by atoms with Gasteiger partial charge in [0.25, 0.3) is 0 Å². The number of nitrogens with zero attached hydrogens (tertiary/aromatic N) is 1. The number of hydrogen-bond donors (Lipinski definition) is 1. The summed E-state index contributed by atoms with van der Waals surface area (Å²) in [6.07, 6.45) is 3.21. The van der Waals surface area contributed by atoms with E-state index in [-0.39, 0.29) is 12.0 Å². The molecule has 0 aliphatic heterocycles. The zero-order chi connectivity index (χ0) is 11.7. The van der Waals surface area contributed by atoms with Crippen molar-refractivity contribution in [1.82, 2.24) is 10.2 Å². The van der Waals surface area contributed by atoms with Crippen molar-refractivity contribution in [2.45, 2.75) is 32.2 Å². The lowest BCUT2D eigenvalue weighted by molar-refractivity contribution is -0.143. The van der Waals surface area contributed by atoms with Gasteiger partial charge in [-0.2, -0.15) is 0 Å². The summed E-state index contributed by atoms with van der Waals surface area (Å²) in [5.74, 6) is -0.179. The summed E-state index contributed by atoms with van der Waals surface area (Å²) in [6.45, 7) is 4.19. The molecule has 15 heavy (non-hydrogen) atoms. The summed E-state index contributed by atoms with van der Waals surface area (Å²) in [5.41, 5.74) is 0. The molecule has 0 aromatic heterocycles. The van der Waals surface area contributed by atoms with Crippen molar-refractivity contribution in [1.29, 1.82) is 0 Å². The van der Waals surface area contributed by atoms with Gasteiger partial charge in [-0.05, 0) is 40.0 Å². The molecule has 0 radical (unpaired) electrons. The highest BCUT2D eigenvalue weighted by atomic mass is 16.5. The van der Waals surface area contributed by atoms with E-state index in [0.717, 1.165) is 19.5 Å². The minimum atomic E-state index is -0.181. The summed E-state index contributed by atoms with van der Waals surface area (Å²) in [6, 6.07) is -0.181. The molecule has 0 fully saturated rings. The summed E-state index contributed by atoms with van der Waals surface area (Å²) >= 11 is 0. The fourth-order valence-electron chi connectivity index (χ4n) is 1.41. The Hall–Kier alpha value is -0.610. The molecule has 1 N–H and O–H groups in total. The monoisotopic (exact) mass is 216 g/mol. The van der Waals surface area contributed by atoms with Gasteiger partial charge in [-0.15, -0.1) is 0 Å². The number of unbranched alkanes of at least 4 members (excludes halogenated alkanes) is 1. The quantitative estimate of drug-likeness (QED) is 0.611. The van der Waals surface area contributed by atoms with E-state index in [9.17, 15) is 4.79 Å². The van der Waals surface area contributed by atoms with Gasteiger partial charge in [0.1, 0.15) is 6.04 Å². The number of rotatable bonds is 8. The van der Waals surface area contributed by atoms with E-state index < -0.39 is 0 Å². The molecule has 0 saturated carbocycles. The van der Waals surface area contributed by atoms with E-state index in [1.54, 1.807) is 7.05 Å². The predicted octanol–water partition coefficient (Wildman–Crippen LogP) is 0.869. The Bertz CT molecular complexity index is 174. The Labute approximate surface area is 93.0 Å². The Balaban J connectivity index is 3.74. The van der Waals surface area contributed by atoms with Crippen LogP contribution < -0.4 is 5.32 Å². The molecular weight excluding hydrogens is 192 g/mol. The number of hydrogen-bond acceptors (Lipinski definition) is 4. The van der Waals surface area contributed by atoms with Crippen LogP contribution >= 0.6 is 0 Å². The third-order valence-electron chi connectivity index (χ3n) is 2.53. The van der Waals surface area contributed by atoms with Crippen LogP contribution in [0.1, 0.15) is 26.2 Å². The summed E-state index contributed by atoms with van der Waals surface area (Å²) in [4.78, 5) is 13.5. The molecule has 0 saturated heterocycles. The second-order valence-corrected chi connectivity index (χ2v) is 3.81. The molecule has 4 heteroatoms. The molecule has 0 aliphatic carbocycles. The first-order chi connectivity index (χ1) is 7.15. The largest absolute Gasteiger partial charge is 0.468 e. The number of carbonyl (C=O) groups is 1. The van der Waals surface area contributed by atoms with Gasteiger partial charge < -0.3 is 15.0 Å². The van der Waals surface area contributed by atoms with Crippen LogP contribution in [0.2, 0.25) is 0 Å². The van der Waals surface area contributed by atoms with Crippen molar-refractivity contribution >= 4 is 5.97 Å². The maximum Gasteiger partial charge on any atom is 0.322 e. The molecule has 0 spiro atoms. The molecule has 4 nitrogen and oxygen atoms in total. The van der Waals surface area contributed by atoms with Crippen molar-refractivity contribution in [3.05, 3.63) is 0 Å². The van der Waals surface area contributed by atoms with Gasteiger partial charge in [-0.25, -0.2) is 0 Å². The molecule has 1 atom stereocenters. The Morgan fingerprint density at radius 1 is 1.47 bits per heavy atom. The lowest BCUT2D eigenvalue weighted by Crippen LogP contribution is -2.38. The number of likely N-dealkylation sites (N-methyl/N-ethyl adjacent to an activating group) is 1. The molecule has 0 aromatic carbocycles. The smallest absolute Gasteiger partial charge is 0.322 e. The first kappa shape index (κ1) is 14.4. The average molecular weight is 216 g/mol. The molecule has 0 bridgehead atoms. The standard InChI is InChI=1S/C11H24N2O2/c1-5-6-8-13(3)9-7-10(12-2)11(14)15-4/h10,12H,5-9H2,1-4H3. The van der Waals surface area contributed by atoms with Crippen LogP contribution in [0.15, 0.2) is 0 Å². The molecule has 0 amide bonds. The molecular formula is C11H24N2O2. The van der Waals surface area contributed by atoms with Crippen molar-refractivity contribution in [2.75, 3.05) is 34.3 Å². The third kappa shape index (κ3) is 6.47. The van der Waals surface area contributed by atoms with Crippen LogP contribution in [0.3, 0.4) is 0 Å². The van der Waals surface area contributed by atoms with Gasteiger partial charge in [-0.1, -0.05) is 13.3 Å². The second-order valence-electron chi connectivity index (χ2n) is 3.81. The number of nitrogens with one attached hydrogen (secondary N) is 1. The van der Waals surface area contributed by atoms with Gasteiger partial charge in [0.05, 0.1) is 7.11 Å². The number of methoxy groups -OCH3 is 1. The molecule has 0 rings (SSSR count). The van der Waals surface area contributed by atoms with E-state index in [4.69, 9.17) is 4.74 Å². The average Bonchev–Trinajstić information content (AvgIpc) is 2.26. The van der Waals surface area contributed by atoms with E-state index in [1.165, 1.54) is 20.0 Å². The van der Waals surface area contributed by atoms with E-state index >= 15 is 0 Å². The second kappa shape index (κ2) is 8.68. The lowest BCUT2D eigenvalue weighted by Gasteiger charge is -2.19. The molecule has 0 aromatic rings. The molecule has 90 valence electrons. The van der Waals surface area contributed by atoms with Crippen LogP contribution in [-0.4, -0.2) is 51.2 Å². The minimum Gasteiger partial charge on any atom is -0.468 e. The summed E-state index contributed by atoms with van der Waals surface area (Å²) in [7, 11) is 5.29. The van der Waals surface area contributed by atoms with Crippen molar-refractivity contribution in [3.8, 4) is 0 Å².